The molecule has 108 valence electrons. The first kappa shape index (κ1) is 15.9. The van der Waals surface area contributed by atoms with Crippen LogP contribution in [0.5, 0.6) is 0 Å². The number of nitrogens with one attached hydrogen (secondary N) is 1. The highest BCUT2D eigenvalue weighted by Crippen LogP contribution is 2.20. The molecule has 0 saturated carbocycles. The normalized spacial score (nSPS) is 25.0. The lowest BCUT2D eigenvalue weighted by Crippen LogP contribution is -2.53. The lowest BCUT2D eigenvalue weighted by Gasteiger charge is -2.40. The molecule has 18 heavy (non-hydrogen) atoms. The summed E-state index contributed by atoms with van der Waals surface area (Å²) in [4.78, 5) is 2.43. The van der Waals surface area contributed by atoms with Crippen molar-refractivity contribution in [2.24, 2.45) is 0 Å². The monoisotopic (exact) mass is 258 g/mol. The number of aliphatic hydroxyl groups is 1. The van der Waals surface area contributed by atoms with Crippen LogP contribution in [-0.2, 0) is 4.74 Å². The van der Waals surface area contributed by atoms with E-state index in [0.717, 1.165) is 19.6 Å². The molecule has 4 nitrogen and oxygen atoms in total. The van der Waals surface area contributed by atoms with Gasteiger partial charge in [-0.3, -0.25) is 4.90 Å². The number of nitrogens with zero attached hydrogens (tertiary/aromatic N) is 1. The Morgan fingerprint density at radius 1 is 1.39 bits per heavy atom. The van der Waals surface area contributed by atoms with Crippen molar-refractivity contribution >= 4 is 0 Å². The van der Waals surface area contributed by atoms with Gasteiger partial charge in [0.25, 0.3) is 0 Å². The van der Waals surface area contributed by atoms with E-state index >= 15 is 0 Å². The summed E-state index contributed by atoms with van der Waals surface area (Å²) in [7, 11) is 0. The van der Waals surface area contributed by atoms with E-state index in [4.69, 9.17) is 4.74 Å². The van der Waals surface area contributed by atoms with Gasteiger partial charge in [-0.05, 0) is 39.8 Å². The number of hydrogen-bond donors (Lipinski definition) is 2. The minimum absolute atomic E-state index is 0.362. The summed E-state index contributed by atoms with van der Waals surface area (Å²) in [5.74, 6) is 0. The number of aliphatic hydroxyl groups excluding tert-OH is 1. The molecule has 0 aromatic rings. The predicted molar refractivity (Wildman–Crippen MR) is 74.9 cm³/mol. The minimum Gasteiger partial charge on any atom is -0.389 e. The first-order valence-electron chi connectivity index (χ1n) is 7.42. The van der Waals surface area contributed by atoms with Gasteiger partial charge in [-0.25, -0.2) is 0 Å². The van der Waals surface area contributed by atoms with Crippen molar-refractivity contribution in [2.75, 3.05) is 32.8 Å². The number of likely N-dealkylation sites (N-methyl/N-ethyl adjacent to an activating group) is 1. The van der Waals surface area contributed by atoms with Gasteiger partial charge in [0.1, 0.15) is 0 Å². The summed E-state index contributed by atoms with van der Waals surface area (Å²) >= 11 is 0. The van der Waals surface area contributed by atoms with Gasteiger partial charge in [-0.1, -0.05) is 13.3 Å². The first-order valence-corrected chi connectivity index (χ1v) is 7.42. The molecule has 0 spiro atoms. The Labute approximate surface area is 112 Å². The van der Waals surface area contributed by atoms with Crippen molar-refractivity contribution in [3.8, 4) is 0 Å². The van der Waals surface area contributed by atoms with E-state index in [1.54, 1.807) is 0 Å². The Morgan fingerprint density at radius 3 is 2.83 bits per heavy atom. The van der Waals surface area contributed by atoms with Gasteiger partial charge in [-0.15, -0.1) is 0 Å². The minimum atomic E-state index is -0.362. The van der Waals surface area contributed by atoms with Crippen molar-refractivity contribution in [3.05, 3.63) is 0 Å². The molecule has 1 fully saturated rings. The Bertz CT molecular complexity index is 214. The molecule has 1 rings (SSSR count). The SMILES string of the molecule is CCNC(C)C1CCCCN1CC(O)COCC. The largest absolute Gasteiger partial charge is 0.389 e. The van der Waals surface area contributed by atoms with E-state index in [1.165, 1.54) is 19.3 Å². The summed E-state index contributed by atoms with van der Waals surface area (Å²) in [6.45, 7) is 10.3. The Balaban J connectivity index is 2.43. The first-order chi connectivity index (χ1) is 8.69. The van der Waals surface area contributed by atoms with Crippen LogP contribution in [0, 0.1) is 0 Å². The van der Waals surface area contributed by atoms with Gasteiger partial charge in [0.05, 0.1) is 12.7 Å². The predicted octanol–water partition coefficient (Wildman–Crippen LogP) is 1.24. The van der Waals surface area contributed by atoms with E-state index < -0.39 is 0 Å². The standard InChI is InChI=1S/C14H30N2O2/c1-4-15-12(3)14-8-6-7-9-16(14)10-13(17)11-18-5-2/h12-15,17H,4-11H2,1-3H3. The van der Waals surface area contributed by atoms with Gasteiger partial charge in [-0.2, -0.15) is 0 Å². The Hall–Kier alpha value is -0.160. The summed E-state index contributed by atoms with van der Waals surface area (Å²) in [5, 5.41) is 13.5. The maximum Gasteiger partial charge on any atom is 0.0900 e. The zero-order valence-electron chi connectivity index (χ0n) is 12.2. The van der Waals surface area contributed by atoms with E-state index in [2.05, 4.69) is 24.1 Å². The van der Waals surface area contributed by atoms with Crippen LogP contribution in [-0.4, -0.2) is 61.0 Å². The average Bonchev–Trinajstić information content (AvgIpc) is 2.37. The van der Waals surface area contributed by atoms with Crippen LogP contribution in [0.4, 0.5) is 0 Å². The molecule has 0 amide bonds. The molecule has 1 heterocycles. The highest BCUT2D eigenvalue weighted by molar-refractivity contribution is 4.85. The molecule has 2 N–H and O–H groups in total. The molecule has 1 aliphatic rings. The number of piperidine rings is 1. The summed E-state index contributed by atoms with van der Waals surface area (Å²) in [5.41, 5.74) is 0. The third-order valence-corrected chi connectivity index (χ3v) is 3.73. The molecule has 3 unspecified atom stereocenters. The second kappa shape index (κ2) is 8.86. The van der Waals surface area contributed by atoms with Gasteiger partial charge in [0.2, 0.25) is 0 Å². The second-order valence-corrected chi connectivity index (χ2v) is 5.22. The Morgan fingerprint density at radius 2 is 2.17 bits per heavy atom. The molecular weight excluding hydrogens is 228 g/mol. The molecule has 0 aromatic heterocycles. The lowest BCUT2D eigenvalue weighted by molar-refractivity contribution is 0.00103. The van der Waals surface area contributed by atoms with E-state index in [9.17, 15) is 5.11 Å². The van der Waals surface area contributed by atoms with Crippen LogP contribution in [0.3, 0.4) is 0 Å². The molecule has 0 aliphatic carbocycles. The molecule has 4 heteroatoms. The molecule has 0 aromatic carbocycles. The van der Waals surface area contributed by atoms with E-state index in [0.29, 0.717) is 25.3 Å². The van der Waals surface area contributed by atoms with Crippen LogP contribution in [0.2, 0.25) is 0 Å². The number of rotatable bonds is 8. The maximum absolute atomic E-state index is 9.97. The van der Waals surface area contributed by atoms with Crippen LogP contribution < -0.4 is 5.32 Å². The van der Waals surface area contributed by atoms with Crippen LogP contribution in [0.1, 0.15) is 40.0 Å². The van der Waals surface area contributed by atoms with Crippen molar-refractivity contribution in [2.45, 2.75) is 58.2 Å². The number of hydrogen-bond acceptors (Lipinski definition) is 4. The van der Waals surface area contributed by atoms with Crippen LogP contribution in [0.15, 0.2) is 0 Å². The highest BCUT2D eigenvalue weighted by atomic mass is 16.5. The molecular formula is C14H30N2O2. The lowest BCUT2D eigenvalue weighted by atomic mass is 9.96. The Kier molecular flexibility index (Phi) is 7.82. The second-order valence-electron chi connectivity index (χ2n) is 5.22. The average molecular weight is 258 g/mol. The van der Waals surface area contributed by atoms with Crippen molar-refractivity contribution in [3.63, 3.8) is 0 Å². The maximum atomic E-state index is 9.97. The van der Waals surface area contributed by atoms with Gasteiger partial charge in [0, 0.05) is 25.2 Å². The summed E-state index contributed by atoms with van der Waals surface area (Å²) in [6, 6.07) is 1.05. The van der Waals surface area contributed by atoms with E-state index in [-0.39, 0.29) is 6.10 Å². The van der Waals surface area contributed by atoms with Gasteiger partial charge in [0.15, 0.2) is 0 Å². The number of β-amino-alcohol motifs (C(OH)–C–C–N with tert-alkyl or cyclic N) is 1. The third-order valence-electron chi connectivity index (χ3n) is 3.73. The van der Waals surface area contributed by atoms with Crippen molar-refractivity contribution < 1.29 is 9.84 Å². The molecule has 3 atom stereocenters. The van der Waals surface area contributed by atoms with Crippen LogP contribution >= 0.6 is 0 Å². The highest BCUT2D eigenvalue weighted by Gasteiger charge is 2.28. The molecule has 1 aliphatic heterocycles. The van der Waals surface area contributed by atoms with E-state index in [1.807, 2.05) is 6.92 Å². The topological polar surface area (TPSA) is 44.7 Å². The van der Waals surface area contributed by atoms with Gasteiger partial charge < -0.3 is 15.2 Å². The third kappa shape index (κ3) is 5.22. The quantitative estimate of drug-likeness (QED) is 0.687. The fourth-order valence-electron chi connectivity index (χ4n) is 2.84. The van der Waals surface area contributed by atoms with Crippen molar-refractivity contribution in [1.29, 1.82) is 0 Å². The number of ether oxygens (including phenoxy) is 1. The molecule has 0 bridgehead atoms. The molecule has 1 saturated heterocycles. The van der Waals surface area contributed by atoms with Crippen LogP contribution in [0.25, 0.3) is 0 Å². The summed E-state index contributed by atoms with van der Waals surface area (Å²) < 4.78 is 5.29. The smallest absolute Gasteiger partial charge is 0.0900 e. The zero-order valence-corrected chi connectivity index (χ0v) is 12.2. The van der Waals surface area contributed by atoms with Gasteiger partial charge >= 0.3 is 0 Å². The summed E-state index contributed by atoms with van der Waals surface area (Å²) in [6.07, 6.45) is 3.42. The molecule has 0 radical (unpaired) electrons. The fourth-order valence-corrected chi connectivity index (χ4v) is 2.84. The van der Waals surface area contributed by atoms with Crippen molar-refractivity contribution in [1.82, 2.24) is 10.2 Å². The fraction of sp³-hybridized carbons (Fsp3) is 1.00. The zero-order chi connectivity index (χ0) is 13.4. The number of likely N-dealkylation sites (tertiary alicyclic amines) is 1.